The highest BCUT2D eigenvalue weighted by atomic mass is 32.2. The van der Waals surface area contributed by atoms with E-state index >= 15 is 0 Å². The van der Waals surface area contributed by atoms with E-state index in [1.54, 1.807) is 15.9 Å². The predicted octanol–water partition coefficient (Wildman–Crippen LogP) is 4.57. The van der Waals surface area contributed by atoms with Crippen molar-refractivity contribution in [3.63, 3.8) is 0 Å². The van der Waals surface area contributed by atoms with Crippen LogP contribution in [-0.4, -0.2) is 21.9 Å². The Hall–Kier alpha value is -1.63. The zero-order valence-electron chi connectivity index (χ0n) is 15.4. The van der Waals surface area contributed by atoms with Crippen molar-refractivity contribution in [2.45, 2.75) is 45.1 Å². The molecule has 3 aromatic rings. The van der Waals surface area contributed by atoms with E-state index < -0.39 is 0 Å². The molecule has 0 saturated carbocycles. The third kappa shape index (κ3) is 2.90. The third-order valence-electron chi connectivity index (χ3n) is 4.93. The van der Waals surface area contributed by atoms with E-state index in [9.17, 15) is 4.79 Å². The van der Waals surface area contributed by atoms with E-state index in [1.807, 2.05) is 37.4 Å². The predicted molar refractivity (Wildman–Crippen MR) is 109 cm³/mol. The first-order chi connectivity index (χ1) is 12.5. The molecule has 0 aliphatic carbocycles. The maximum atomic E-state index is 13.5. The quantitative estimate of drug-likeness (QED) is 0.488. The largest absolute Gasteiger partial charge is 0.372 e. The van der Waals surface area contributed by atoms with Crippen molar-refractivity contribution < 1.29 is 4.74 Å². The standard InChI is InChI=1S/C20H22N2O2S2/c1-11(2)15-9-14-16(10-24-15)26-18-17(14)19(23)22(20(21-18)25-4)13-7-5-12(3)6-8-13/h5-8,11,15H,9-10H2,1-4H3/t15-/m1/s1. The van der Waals surface area contributed by atoms with E-state index in [2.05, 4.69) is 13.8 Å². The Kier molecular flexibility index (Phi) is 4.67. The topological polar surface area (TPSA) is 44.1 Å². The molecule has 4 nitrogen and oxygen atoms in total. The minimum atomic E-state index is 0.0325. The maximum Gasteiger partial charge on any atom is 0.267 e. The lowest BCUT2D eigenvalue weighted by Crippen LogP contribution is -2.28. The monoisotopic (exact) mass is 386 g/mol. The smallest absolute Gasteiger partial charge is 0.267 e. The molecule has 0 fully saturated rings. The van der Waals surface area contributed by atoms with Gasteiger partial charge in [0.15, 0.2) is 5.16 Å². The highest BCUT2D eigenvalue weighted by Gasteiger charge is 2.28. The molecule has 0 saturated heterocycles. The van der Waals surface area contributed by atoms with Crippen LogP contribution in [0.5, 0.6) is 0 Å². The van der Waals surface area contributed by atoms with Gasteiger partial charge >= 0.3 is 0 Å². The zero-order chi connectivity index (χ0) is 18.4. The van der Waals surface area contributed by atoms with Gasteiger partial charge in [-0.1, -0.05) is 43.3 Å². The Labute approximate surface area is 161 Å². The lowest BCUT2D eigenvalue weighted by molar-refractivity contribution is 0.00200. The first-order valence-electron chi connectivity index (χ1n) is 8.79. The number of rotatable bonds is 3. The Balaban J connectivity index is 1.96. The average molecular weight is 387 g/mol. The second kappa shape index (κ2) is 6.83. The van der Waals surface area contributed by atoms with Crippen molar-refractivity contribution in [3.05, 3.63) is 50.6 Å². The number of hydrogen-bond acceptors (Lipinski definition) is 5. The zero-order valence-corrected chi connectivity index (χ0v) is 17.0. The SMILES string of the molecule is CSc1nc2sc3c(c2c(=O)n1-c1ccc(C)cc1)C[C@H](C(C)C)OC3. The Morgan fingerprint density at radius 3 is 2.69 bits per heavy atom. The lowest BCUT2D eigenvalue weighted by Gasteiger charge is -2.26. The number of hydrogen-bond donors (Lipinski definition) is 0. The first-order valence-corrected chi connectivity index (χ1v) is 10.8. The fourth-order valence-electron chi connectivity index (χ4n) is 3.39. The Morgan fingerprint density at radius 1 is 1.31 bits per heavy atom. The number of aryl methyl sites for hydroxylation is 1. The van der Waals surface area contributed by atoms with Crippen molar-refractivity contribution in [1.82, 2.24) is 9.55 Å². The minimum absolute atomic E-state index is 0.0325. The third-order valence-corrected chi connectivity index (χ3v) is 6.67. The molecule has 0 N–H and O–H groups in total. The first kappa shape index (κ1) is 17.8. The summed E-state index contributed by atoms with van der Waals surface area (Å²) in [4.78, 5) is 20.3. The van der Waals surface area contributed by atoms with Gasteiger partial charge in [0.25, 0.3) is 5.56 Å². The van der Waals surface area contributed by atoms with Gasteiger partial charge in [-0.05, 0) is 36.8 Å². The van der Waals surface area contributed by atoms with Crippen LogP contribution in [-0.2, 0) is 17.8 Å². The van der Waals surface area contributed by atoms with Crippen LogP contribution in [0.15, 0.2) is 34.2 Å². The molecule has 26 heavy (non-hydrogen) atoms. The molecule has 0 spiro atoms. The van der Waals surface area contributed by atoms with Crippen LogP contribution in [0.1, 0.15) is 29.9 Å². The van der Waals surface area contributed by atoms with Gasteiger partial charge in [-0.25, -0.2) is 4.98 Å². The molecule has 1 aliphatic heterocycles. The Bertz CT molecular complexity index is 1020. The summed E-state index contributed by atoms with van der Waals surface area (Å²) < 4.78 is 7.74. The van der Waals surface area contributed by atoms with Gasteiger partial charge in [0, 0.05) is 11.3 Å². The van der Waals surface area contributed by atoms with Gasteiger partial charge < -0.3 is 4.74 Å². The van der Waals surface area contributed by atoms with E-state index in [0.717, 1.165) is 37.9 Å². The summed E-state index contributed by atoms with van der Waals surface area (Å²) in [6.45, 7) is 6.96. The molecule has 6 heteroatoms. The molecule has 0 unspecified atom stereocenters. The van der Waals surface area contributed by atoms with E-state index in [0.29, 0.717) is 12.5 Å². The molecular formula is C20H22N2O2S2. The van der Waals surface area contributed by atoms with Crippen molar-refractivity contribution in [1.29, 1.82) is 0 Å². The molecule has 0 radical (unpaired) electrons. The minimum Gasteiger partial charge on any atom is -0.372 e. The molecule has 3 heterocycles. The highest BCUT2D eigenvalue weighted by Crippen LogP contribution is 2.36. The van der Waals surface area contributed by atoms with Crippen LogP contribution in [0.2, 0.25) is 0 Å². The van der Waals surface area contributed by atoms with Gasteiger partial charge in [0.05, 0.1) is 23.8 Å². The number of benzene rings is 1. The molecule has 0 bridgehead atoms. The summed E-state index contributed by atoms with van der Waals surface area (Å²) in [7, 11) is 0. The molecule has 1 aliphatic rings. The molecule has 4 rings (SSSR count). The van der Waals surface area contributed by atoms with E-state index in [-0.39, 0.29) is 11.7 Å². The van der Waals surface area contributed by atoms with Crippen LogP contribution in [0.3, 0.4) is 0 Å². The van der Waals surface area contributed by atoms with E-state index in [1.165, 1.54) is 17.3 Å². The molecule has 1 atom stereocenters. The fraction of sp³-hybridized carbons (Fsp3) is 0.400. The van der Waals surface area contributed by atoms with Gasteiger partial charge in [-0.2, -0.15) is 0 Å². The second-order valence-corrected chi connectivity index (χ2v) is 8.91. The summed E-state index contributed by atoms with van der Waals surface area (Å²) in [5.74, 6) is 0.427. The van der Waals surface area contributed by atoms with Crippen molar-refractivity contribution in [2.24, 2.45) is 5.92 Å². The summed E-state index contributed by atoms with van der Waals surface area (Å²) in [5, 5.41) is 1.50. The van der Waals surface area contributed by atoms with Crippen LogP contribution in [0.25, 0.3) is 15.9 Å². The molecule has 0 amide bonds. The number of aromatic nitrogens is 2. The average Bonchev–Trinajstić information content (AvgIpc) is 3.00. The summed E-state index contributed by atoms with van der Waals surface area (Å²) >= 11 is 3.10. The van der Waals surface area contributed by atoms with Crippen LogP contribution < -0.4 is 5.56 Å². The maximum absolute atomic E-state index is 13.5. The van der Waals surface area contributed by atoms with Gasteiger partial charge in [0.1, 0.15) is 4.83 Å². The lowest BCUT2D eigenvalue weighted by atomic mass is 9.96. The van der Waals surface area contributed by atoms with Crippen molar-refractivity contribution in [2.75, 3.05) is 6.26 Å². The van der Waals surface area contributed by atoms with Crippen molar-refractivity contribution >= 4 is 33.3 Å². The van der Waals surface area contributed by atoms with Gasteiger partial charge in [0.2, 0.25) is 0 Å². The van der Waals surface area contributed by atoms with Gasteiger partial charge in [-0.15, -0.1) is 11.3 Å². The summed E-state index contributed by atoms with van der Waals surface area (Å²) in [5.41, 5.74) is 3.21. The second-order valence-electron chi connectivity index (χ2n) is 7.06. The molecular weight excluding hydrogens is 364 g/mol. The van der Waals surface area contributed by atoms with Crippen LogP contribution in [0.4, 0.5) is 0 Å². The van der Waals surface area contributed by atoms with E-state index in [4.69, 9.17) is 9.72 Å². The summed E-state index contributed by atoms with van der Waals surface area (Å²) in [6.07, 6.45) is 2.91. The molecule has 1 aromatic carbocycles. The number of fused-ring (bicyclic) bond motifs is 3. The van der Waals surface area contributed by atoms with Crippen molar-refractivity contribution in [3.8, 4) is 5.69 Å². The molecule has 136 valence electrons. The number of nitrogens with zero attached hydrogens (tertiary/aromatic N) is 2. The normalized spacial score (nSPS) is 17.0. The number of thiophene rings is 1. The summed E-state index contributed by atoms with van der Waals surface area (Å²) in [6, 6.07) is 8.04. The van der Waals surface area contributed by atoms with Crippen LogP contribution in [0, 0.1) is 12.8 Å². The fourth-order valence-corrected chi connectivity index (χ4v) is 5.12. The van der Waals surface area contributed by atoms with Gasteiger partial charge in [-0.3, -0.25) is 9.36 Å². The Morgan fingerprint density at radius 2 is 2.04 bits per heavy atom. The highest BCUT2D eigenvalue weighted by molar-refractivity contribution is 7.98. The van der Waals surface area contributed by atoms with Crippen LogP contribution >= 0.6 is 23.1 Å². The number of thioether (sulfide) groups is 1. The molecule has 2 aromatic heterocycles. The number of ether oxygens (including phenoxy) is 1.